The molecule has 2 heteroatoms. The van der Waals surface area contributed by atoms with Gasteiger partial charge in [-0.25, -0.2) is 0 Å². The van der Waals surface area contributed by atoms with Gasteiger partial charge in [0.1, 0.15) is 0 Å². The highest BCUT2D eigenvalue weighted by Gasteiger charge is 2.13. The van der Waals surface area contributed by atoms with E-state index in [1.807, 2.05) is 26.0 Å². The summed E-state index contributed by atoms with van der Waals surface area (Å²) in [4.78, 5) is 0. The molecule has 2 rings (SSSR count). The van der Waals surface area contributed by atoms with Crippen LogP contribution in [0.4, 0.5) is 5.69 Å². The molecule has 1 fully saturated rings. The average molecular weight is 254 g/mol. The minimum Gasteiger partial charge on any atom is -0.382 e. The molecule has 0 amide bonds. The summed E-state index contributed by atoms with van der Waals surface area (Å²) in [5.74, 6) is 0. The minimum atomic E-state index is 0.665. The molecule has 1 aromatic carbocycles. The first kappa shape index (κ1) is 14.4. The molecule has 0 aromatic heterocycles. The smallest absolute Gasteiger partial charge is 0.0410 e. The zero-order valence-corrected chi connectivity index (χ0v) is 12.0. The minimum absolute atomic E-state index is 0.665. The number of anilines is 1. The summed E-state index contributed by atoms with van der Waals surface area (Å²) in [6.07, 6.45) is 6.75. The number of halogens is 1. The highest BCUT2D eigenvalue weighted by Crippen LogP contribution is 2.25. The molecule has 1 saturated carbocycles. The van der Waals surface area contributed by atoms with Crippen molar-refractivity contribution in [2.75, 3.05) is 5.32 Å². The van der Waals surface area contributed by atoms with Gasteiger partial charge in [0.05, 0.1) is 0 Å². The number of benzene rings is 1. The van der Waals surface area contributed by atoms with Crippen LogP contribution >= 0.6 is 11.6 Å². The topological polar surface area (TPSA) is 12.0 Å². The molecular weight excluding hydrogens is 230 g/mol. The van der Waals surface area contributed by atoms with Crippen molar-refractivity contribution in [1.29, 1.82) is 0 Å². The molecule has 0 bridgehead atoms. The fraction of sp³-hybridized carbons (Fsp3) is 0.600. The molecule has 0 heterocycles. The number of hydrogen-bond acceptors (Lipinski definition) is 1. The van der Waals surface area contributed by atoms with Crippen LogP contribution < -0.4 is 5.32 Å². The molecular formula is C15H24ClN. The first-order valence-corrected chi connectivity index (χ1v) is 7.16. The Labute approximate surface area is 111 Å². The van der Waals surface area contributed by atoms with Crippen molar-refractivity contribution in [3.8, 4) is 0 Å². The number of rotatable bonds is 2. The van der Waals surface area contributed by atoms with Crippen LogP contribution in [-0.4, -0.2) is 6.04 Å². The van der Waals surface area contributed by atoms with Gasteiger partial charge in [0.15, 0.2) is 0 Å². The average Bonchev–Trinajstić information content (AvgIpc) is 2.37. The highest BCUT2D eigenvalue weighted by atomic mass is 35.5. The van der Waals surface area contributed by atoms with Crippen molar-refractivity contribution in [3.63, 3.8) is 0 Å². The quantitative estimate of drug-likeness (QED) is 0.742. The second-order valence-electron chi connectivity index (χ2n) is 4.44. The maximum Gasteiger partial charge on any atom is 0.0410 e. The SMILES string of the molecule is CC.Cc1cc(Cl)ccc1NC1CCCCC1. The van der Waals surface area contributed by atoms with Gasteiger partial charge in [-0.15, -0.1) is 0 Å². The molecule has 0 aliphatic heterocycles. The zero-order valence-electron chi connectivity index (χ0n) is 11.2. The van der Waals surface area contributed by atoms with E-state index in [0.29, 0.717) is 6.04 Å². The summed E-state index contributed by atoms with van der Waals surface area (Å²) in [5, 5.41) is 4.44. The van der Waals surface area contributed by atoms with Crippen molar-refractivity contribution >= 4 is 17.3 Å². The summed E-state index contributed by atoms with van der Waals surface area (Å²) in [6.45, 7) is 6.11. The number of nitrogens with one attached hydrogen (secondary N) is 1. The van der Waals surface area contributed by atoms with Crippen molar-refractivity contribution in [2.45, 2.75) is 58.9 Å². The molecule has 1 aliphatic rings. The predicted molar refractivity (Wildman–Crippen MR) is 78.0 cm³/mol. The van der Waals surface area contributed by atoms with Gasteiger partial charge in [0.2, 0.25) is 0 Å². The molecule has 17 heavy (non-hydrogen) atoms. The Morgan fingerprint density at radius 2 is 1.76 bits per heavy atom. The highest BCUT2D eigenvalue weighted by molar-refractivity contribution is 6.30. The summed E-state index contributed by atoms with van der Waals surface area (Å²) in [7, 11) is 0. The number of aryl methyl sites for hydroxylation is 1. The Balaban J connectivity index is 0.000000686. The molecule has 1 N–H and O–H groups in total. The van der Waals surface area contributed by atoms with E-state index in [4.69, 9.17) is 11.6 Å². The van der Waals surface area contributed by atoms with Gasteiger partial charge in [0.25, 0.3) is 0 Å². The van der Waals surface area contributed by atoms with Gasteiger partial charge >= 0.3 is 0 Å². The van der Waals surface area contributed by atoms with Crippen LogP contribution in [0.25, 0.3) is 0 Å². The van der Waals surface area contributed by atoms with E-state index in [1.54, 1.807) is 0 Å². The number of hydrogen-bond donors (Lipinski definition) is 1. The Morgan fingerprint density at radius 1 is 1.12 bits per heavy atom. The van der Waals surface area contributed by atoms with E-state index in [1.165, 1.54) is 43.4 Å². The Hall–Kier alpha value is -0.690. The second-order valence-corrected chi connectivity index (χ2v) is 4.87. The van der Waals surface area contributed by atoms with E-state index in [0.717, 1.165) is 5.02 Å². The van der Waals surface area contributed by atoms with Gasteiger partial charge in [-0.2, -0.15) is 0 Å². The predicted octanol–water partition coefficient (Wildman–Crippen LogP) is 5.42. The van der Waals surface area contributed by atoms with Crippen LogP contribution in [0.5, 0.6) is 0 Å². The van der Waals surface area contributed by atoms with E-state index in [9.17, 15) is 0 Å². The monoisotopic (exact) mass is 253 g/mol. The van der Waals surface area contributed by atoms with Crippen molar-refractivity contribution in [2.24, 2.45) is 0 Å². The fourth-order valence-corrected chi connectivity index (χ4v) is 2.48. The van der Waals surface area contributed by atoms with Crippen molar-refractivity contribution in [1.82, 2.24) is 0 Å². The molecule has 0 atom stereocenters. The molecule has 1 aromatic rings. The van der Waals surface area contributed by atoms with Gasteiger partial charge in [-0.05, 0) is 43.5 Å². The Kier molecular flexibility index (Phi) is 6.43. The summed E-state index contributed by atoms with van der Waals surface area (Å²) in [5.41, 5.74) is 2.49. The van der Waals surface area contributed by atoms with Gasteiger partial charge in [-0.3, -0.25) is 0 Å². The van der Waals surface area contributed by atoms with E-state index >= 15 is 0 Å². The van der Waals surface area contributed by atoms with Crippen LogP contribution in [0.15, 0.2) is 18.2 Å². The second kappa shape index (κ2) is 7.60. The zero-order chi connectivity index (χ0) is 12.7. The molecule has 96 valence electrons. The summed E-state index contributed by atoms with van der Waals surface area (Å²) >= 11 is 5.93. The maximum absolute atomic E-state index is 5.93. The Morgan fingerprint density at radius 3 is 2.35 bits per heavy atom. The van der Waals surface area contributed by atoms with Crippen LogP contribution in [0, 0.1) is 6.92 Å². The normalized spacial score (nSPS) is 16.0. The van der Waals surface area contributed by atoms with Gasteiger partial charge in [-0.1, -0.05) is 44.7 Å². The van der Waals surface area contributed by atoms with Crippen LogP contribution in [0.2, 0.25) is 5.02 Å². The van der Waals surface area contributed by atoms with Crippen LogP contribution in [-0.2, 0) is 0 Å². The van der Waals surface area contributed by atoms with E-state index in [-0.39, 0.29) is 0 Å². The molecule has 0 radical (unpaired) electrons. The lowest BCUT2D eigenvalue weighted by molar-refractivity contribution is 0.462. The van der Waals surface area contributed by atoms with Gasteiger partial charge in [0, 0.05) is 16.8 Å². The third-order valence-electron chi connectivity index (χ3n) is 3.15. The van der Waals surface area contributed by atoms with E-state index in [2.05, 4.69) is 18.3 Å². The largest absolute Gasteiger partial charge is 0.382 e. The standard InChI is InChI=1S/C13H18ClN.C2H6/c1-10-9-11(14)7-8-13(10)15-12-5-3-2-4-6-12;1-2/h7-9,12,15H,2-6H2,1H3;1-2H3. The maximum atomic E-state index is 5.93. The lowest BCUT2D eigenvalue weighted by Gasteiger charge is -2.24. The summed E-state index contributed by atoms with van der Waals surface area (Å²) in [6, 6.07) is 6.73. The van der Waals surface area contributed by atoms with Crippen LogP contribution in [0.1, 0.15) is 51.5 Å². The molecule has 1 nitrogen and oxygen atoms in total. The molecule has 0 unspecified atom stereocenters. The van der Waals surface area contributed by atoms with Crippen molar-refractivity contribution in [3.05, 3.63) is 28.8 Å². The Bertz CT molecular complexity index is 330. The lowest BCUT2D eigenvalue weighted by Crippen LogP contribution is -2.22. The molecule has 0 spiro atoms. The summed E-state index contributed by atoms with van der Waals surface area (Å²) < 4.78 is 0. The first-order valence-electron chi connectivity index (χ1n) is 6.78. The van der Waals surface area contributed by atoms with Crippen LogP contribution in [0.3, 0.4) is 0 Å². The first-order chi connectivity index (χ1) is 8.25. The molecule has 0 saturated heterocycles. The van der Waals surface area contributed by atoms with Crippen molar-refractivity contribution < 1.29 is 0 Å². The fourth-order valence-electron chi connectivity index (χ4n) is 2.26. The third kappa shape index (κ3) is 4.59. The van der Waals surface area contributed by atoms with Gasteiger partial charge < -0.3 is 5.32 Å². The third-order valence-corrected chi connectivity index (χ3v) is 3.39. The lowest BCUT2D eigenvalue weighted by atomic mass is 9.95. The molecule has 1 aliphatic carbocycles. The van der Waals surface area contributed by atoms with E-state index < -0.39 is 0 Å².